The van der Waals surface area contributed by atoms with Crippen molar-refractivity contribution in [3.63, 3.8) is 0 Å². The normalized spacial score (nSPS) is 15.4. The van der Waals surface area contributed by atoms with Crippen LogP contribution >= 0.6 is 0 Å². The quantitative estimate of drug-likeness (QED) is 0.791. The molecule has 1 aliphatic heterocycles. The van der Waals surface area contributed by atoms with Crippen LogP contribution < -0.4 is 14.9 Å². The molecule has 0 aromatic heterocycles. The fraction of sp³-hybridized carbons (Fsp3) is 0.263. The SMILES string of the molecule is Cc1ccccc1NC(=O)C(=O)Nc1cc(N2CCCS2(=O)=O)ccc1C. The van der Waals surface area contributed by atoms with Crippen molar-refractivity contribution in [2.45, 2.75) is 20.3 Å². The van der Waals surface area contributed by atoms with Gasteiger partial charge >= 0.3 is 11.8 Å². The monoisotopic (exact) mass is 387 g/mol. The number of carbonyl (C=O) groups is 2. The molecule has 0 bridgehead atoms. The van der Waals surface area contributed by atoms with Crippen molar-refractivity contribution in [2.24, 2.45) is 0 Å². The van der Waals surface area contributed by atoms with Gasteiger partial charge in [-0.15, -0.1) is 0 Å². The predicted octanol–water partition coefficient (Wildman–Crippen LogP) is 2.42. The molecule has 7 nitrogen and oxygen atoms in total. The van der Waals surface area contributed by atoms with Crippen LogP contribution in [0.15, 0.2) is 42.5 Å². The van der Waals surface area contributed by atoms with Crippen LogP contribution in [0.3, 0.4) is 0 Å². The molecule has 2 aromatic rings. The Kier molecular flexibility index (Phi) is 5.18. The Morgan fingerprint density at radius 1 is 0.926 bits per heavy atom. The second kappa shape index (κ2) is 7.40. The molecule has 1 heterocycles. The Balaban J connectivity index is 1.77. The summed E-state index contributed by atoms with van der Waals surface area (Å²) in [7, 11) is -3.32. The molecule has 0 aliphatic carbocycles. The fourth-order valence-electron chi connectivity index (χ4n) is 2.90. The van der Waals surface area contributed by atoms with Gasteiger partial charge in [-0.25, -0.2) is 8.42 Å². The maximum absolute atomic E-state index is 12.3. The third kappa shape index (κ3) is 4.11. The molecule has 2 aromatic carbocycles. The standard InChI is InChI=1S/C19H21N3O4S/c1-13-6-3-4-7-16(13)20-18(23)19(24)21-17-12-15(9-8-14(17)2)22-10-5-11-27(22,25)26/h3-4,6-9,12H,5,10-11H2,1-2H3,(H,20,23)(H,21,24). The van der Waals surface area contributed by atoms with E-state index in [9.17, 15) is 18.0 Å². The molecule has 0 saturated carbocycles. The van der Waals surface area contributed by atoms with Gasteiger partial charge in [-0.1, -0.05) is 24.3 Å². The van der Waals surface area contributed by atoms with E-state index in [-0.39, 0.29) is 5.75 Å². The lowest BCUT2D eigenvalue weighted by Gasteiger charge is -2.19. The number of anilines is 3. The first-order valence-corrected chi connectivity index (χ1v) is 10.2. The van der Waals surface area contributed by atoms with Gasteiger partial charge in [0, 0.05) is 17.9 Å². The summed E-state index contributed by atoms with van der Waals surface area (Å²) in [5, 5.41) is 5.14. The van der Waals surface area contributed by atoms with E-state index in [4.69, 9.17) is 0 Å². The molecule has 2 N–H and O–H groups in total. The van der Waals surface area contributed by atoms with Crippen molar-refractivity contribution in [3.05, 3.63) is 53.6 Å². The molecule has 0 spiro atoms. The minimum Gasteiger partial charge on any atom is -0.318 e. The summed E-state index contributed by atoms with van der Waals surface area (Å²) in [6.45, 7) is 4.02. The lowest BCUT2D eigenvalue weighted by molar-refractivity contribution is -0.133. The molecule has 142 valence electrons. The van der Waals surface area contributed by atoms with Gasteiger partial charge < -0.3 is 10.6 Å². The van der Waals surface area contributed by atoms with E-state index in [1.54, 1.807) is 37.3 Å². The Labute approximate surface area is 158 Å². The summed E-state index contributed by atoms with van der Waals surface area (Å²) in [5.74, 6) is -1.49. The highest BCUT2D eigenvalue weighted by Gasteiger charge is 2.29. The lowest BCUT2D eigenvalue weighted by Crippen LogP contribution is -2.30. The number of hydrogen-bond donors (Lipinski definition) is 2. The fourth-order valence-corrected chi connectivity index (χ4v) is 4.46. The van der Waals surface area contributed by atoms with Gasteiger partial charge in [0.25, 0.3) is 0 Å². The second-order valence-corrected chi connectivity index (χ2v) is 8.48. The molecule has 0 radical (unpaired) electrons. The lowest BCUT2D eigenvalue weighted by atomic mass is 10.1. The van der Waals surface area contributed by atoms with Crippen molar-refractivity contribution in [1.82, 2.24) is 0 Å². The molecule has 1 saturated heterocycles. The highest BCUT2D eigenvalue weighted by atomic mass is 32.2. The first-order chi connectivity index (χ1) is 12.8. The summed E-state index contributed by atoms with van der Waals surface area (Å²) in [5.41, 5.74) is 3.02. The maximum Gasteiger partial charge on any atom is 0.314 e. The molecular weight excluding hydrogens is 366 g/mol. The molecular formula is C19H21N3O4S. The Morgan fingerprint density at radius 2 is 1.56 bits per heavy atom. The van der Waals surface area contributed by atoms with E-state index in [0.29, 0.717) is 30.0 Å². The van der Waals surface area contributed by atoms with Gasteiger partial charge in [-0.3, -0.25) is 13.9 Å². The molecule has 27 heavy (non-hydrogen) atoms. The number of rotatable bonds is 3. The van der Waals surface area contributed by atoms with Gasteiger partial charge in [-0.05, 0) is 49.6 Å². The van der Waals surface area contributed by atoms with Crippen LogP contribution in [0.5, 0.6) is 0 Å². The number of hydrogen-bond acceptors (Lipinski definition) is 4. The van der Waals surface area contributed by atoms with Gasteiger partial charge in [0.1, 0.15) is 0 Å². The number of amides is 2. The van der Waals surface area contributed by atoms with Crippen LogP contribution in [-0.2, 0) is 19.6 Å². The van der Waals surface area contributed by atoms with Crippen molar-refractivity contribution < 1.29 is 18.0 Å². The number of nitrogens with zero attached hydrogens (tertiary/aromatic N) is 1. The van der Waals surface area contributed by atoms with Crippen LogP contribution in [0, 0.1) is 13.8 Å². The van der Waals surface area contributed by atoms with E-state index in [2.05, 4.69) is 10.6 Å². The Morgan fingerprint density at radius 3 is 2.19 bits per heavy atom. The van der Waals surface area contributed by atoms with Crippen LogP contribution in [0.1, 0.15) is 17.5 Å². The molecule has 2 amide bonds. The summed E-state index contributed by atoms with van der Waals surface area (Å²) in [6.07, 6.45) is 0.566. The first-order valence-electron chi connectivity index (χ1n) is 8.57. The number of sulfonamides is 1. The highest BCUT2D eigenvalue weighted by molar-refractivity contribution is 7.93. The number of nitrogens with one attached hydrogen (secondary N) is 2. The van der Waals surface area contributed by atoms with E-state index in [1.807, 2.05) is 19.1 Å². The average molecular weight is 387 g/mol. The average Bonchev–Trinajstić information content (AvgIpc) is 2.98. The van der Waals surface area contributed by atoms with Crippen LogP contribution in [0.4, 0.5) is 17.1 Å². The van der Waals surface area contributed by atoms with Gasteiger partial charge in [-0.2, -0.15) is 0 Å². The minimum atomic E-state index is -3.32. The summed E-state index contributed by atoms with van der Waals surface area (Å²) >= 11 is 0. The molecule has 0 unspecified atom stereocenters. The van der Waals surface area contributed by atoms with Gasteiger partial charge in [0.15, 0.2) is 0 Å². The zero-order valence-corrected chi connectivity index (χ0v) is 16.0. The third-order valence-corrected chi connectivity index (χ3v) is 6.33. The largest absolute Gasteiger partial charge is 0.318 e. The number of benzene rings is 2. The molecule has 0 atom stereocenters. The summed E-state index contributed by atoms with van der Waals surface area (Å²) < 4.78 is 25.5. The Hall–Kier alpha value is -2.87. The first kappa shape index (κ1) is 18.9. The molecule has 3 rings (SSSR count). The zero-order chi connectivity index (χ0) is 19.6. The summed E-state index contributed by atoms with van der Waals surface area (Å²) in [4.78, 5) is 24.5. The smallest absolute Gasteiger partial charge is 0.314 e. The van der Waals surface area contributed by atoms with Crippen LogP contribution in [-0.4, -0.2) is 32.5 Å². The maximum atomic E-state index is 12.3. The van der Waals surface area contributed by atoms with E-state index < -0.39 is 21.8 Å². The molecule has 8 heteroatoms. The number of carbonyl (C=O) groups excluding carboxylic acids is 2. The van der Waals surface area contributed by atoms with Gasteiger partial charge in [0.2, 0.25) is 10.0 Å². The minimum absolute atomic E-state index is 0.113. The van der Waals surface area contributed by atoms with E-state index in [1.165, 1.54) is 4.31 Å². The van der Waals surface area contributed by atoms with Crippen LogP contribution in [0.2, 0.25) is 0 Å². The second-order valence-electron chi connectivity index (χ2n) is 6.46. The van der Waals surface area contributed by atoms with Crippen LogP contribution in [0.25, 0.3) is 0 Å². The molecule has 1 aliphatic rings. The van der Waals surface area contributed by atoms with E-state index in [0.717, 1.165) is 11.1 Å². The van der Waals surface area contributed by atoms with Crippen molar-refractivity contribution in [3.8, 4) is 0 Å². The van der Waals surface area contributed by atoms with Gasteiger partial charge in [0.05, 0.1) is 11.4 Å². The third-order valence-electron chi connectivity index (χ3n) is 4.46. The summed E-state index contributed by atoms with van der Waals surface area (Å²) in [6, 6.07) is 12.1. The topological polar surface area (TPSA) is 95.6 Å². The zero-order valence-electron chi connectivity index (χ0n) is 15.2. The van der Waals surface area contributed by atoms with Crippen molar-refractivity contribution >= 4 is 38.9 Å². The van der Waals surface area contributed by atoms with Crippen molar-refractivity contribution in [1.29, 1.82) is 0 Å². The van der Waals surface area contributed by atoms with Crippen molar-refractivity contribution in [2.75, 3.05) is 27.2 Å². The highest BCUT2D eigenvalue weighted by Crippen LogP contribution is 2.28. The number of aryl methyl sites for hydroxylation is 2. The molecule has 1 fully saturated rings. The van der Waals surface area contributed by atoms with E-state index >= 15 is 0 Å². The number of para-hydroxylation sites is 1. The predicted molar refractivity (Wildman–Crippen MR) is 105 cm³/mol. The Bertz CT molecular complexity index is 1000.